The molecule has 24 heavy (non-hydrogen) atoms. The molecule has 0 aliphatic heterocycles. The molecule has 0 radical (unpaired) electrons. The van der Waals surface area contributed by atoms with Crippen molar-refractivity contribution in [1.82, 2.24) is 10.2 Å². The van der Waals surface area contributed by atoms with Crippen molar-refractivity contribution in [2.75, 3.05) is 5.32 Å². The lowest BCUT2D eigenvalue weighted by Crippen LogP contribution is -2.04. The Morgan fingerprint density at radius 3 is 2.58 bits per heavy atom. The molecule has 4 nitrogen and oxygen atoms in total. The van der Waals surface area contributed by atoms with Crippen LogP contribution in [-0.2, 0) is 12.7 Å². The number of hydrogen-bond donors (Lipinski definition) is 1. The van der Waals surface area contributed by atoms with E-state index >= 15 is 0 Å². The first kappa shape index (κ1) is 16.0. The summed E-state index contributed by atoms with van der Waals surface area (Å²) in [6.07, 6.45) is -4.41. The van der Waals surface area contributed by atoms with Crippen LogP contribution in [0.5, 0.6) is 0 Å². The van der Waals surface area contributed by atoms with Gasteiger partial charge in [0.1, 0.15) is 0 Å². The fraction of sp³-hybridized carbons (Fsp3) is 0.176. The van der Waals surface area contributed by atoms with Crippen molar-refractivity contribution in [3.8, 4) is 11.5 Å². The predicted octanol–water partition coefficient (Wildman–Crippen LogP) is 4.68. The van der Waals surface area contributed by atoms with Crippen LogP contribution >= 0.6 is 0 Å². The molecule has 0 saturated heterocycles. The first-order valence-electron chi connectivity index (χ1n) is 7.23. The van der Waals surface area contributed by atoms with Gasteiger partial charge in [-0.25, -0.2) is 0 Å². The van der Waals surface area contributed by atoms with E-state index in [1.54, 1.807) is 0 Å². The number of hydrogen-bond acceptors (Lipinski definition) is 4. The number of alkyl halides is 3. The summed E-state index contributed by atoms with van der Waals surface area (Å²) in [5.74, 6) is 0.0355. The van der Waals surface area contributed by atoms with Crippen molar-refractivity contribution in [1.29, 1.82) is 0 Å². The number of rotatable bonds is 4. The first-order valence-corrected chi connectivity index (χ1v) is 7.23. The molecule has 124 valence electrons. The largest absolute Gasteiger partial charge is 0.416 e. The maximum Gasteiger partial charge on any atom is 0.416 e. The molecule has 0 saturated carbocycles. The molecule has 0 fully saturated rings. The number of nitrogens with one attached hydrogen (secondary N) is 1. The lowest BCUT2D eigenvalue weighted by molar-refractivity contribution is -0.137. The number of halogens is 3. The third kappa shape index (κ3) is 3.56. The van der Waals surface area contributed by atoms with Gasteiger partial charge in [0.05, 0.1) is 5.56 Å². The summed E-state index contributed by atoms with van der Waals surface area (Å²) in [4.78, 5) is 0. The van der Waals surface area contributed by atoms with Crippen molar-refractivity contribution >= 4 is 6.01 Å². The topological polar surface area (TPSA) is 51.0 Å². The summed E-state index contributed by atoms with van der Waals surface area (Å²) in [6.45, 7) is 2.47. The number of nitrogens with zero attached hydrogens (tertiary/aromatic N) is 2. The van der Waals surface area contributed by atoms with Gasteiger partial charge in [0.2, 0.25) is 5.89 Å². The second kappa shape index (κ2) is 6.35. The molecule has 0 aliphatic carbocycles. The van der Waals surface area contributed by atoms with Crippen LogP contribution in [0.1, 0.15) is 16.7 Å². The van der Waals surface area contributed by atoms with E-state index in [4.69, 9.17) is 4.42 Å². The van der Waals surface area contributed by atoms with Crippen LogP contribution in [0.3, 0.4) is 0 Å². The van der Waals surface area contributed by atoms with E-state index in [1.165, 1.54) is 12.1 Å². The molecule has 0 unspecified atom stereocenters. The molecule has 0 bridgehead atoms. The fourth-order valence-electron chi connectivity index (χ4n) is 2.22. The van der Waals surface area contributed by atoms with Gasteiger partial charge in [0.25, 0.3) is 0 Å². The molecular weight excluding hydrogens is 319 g/mol. The van der Waals surface area contributed by atoms with Crippen LogP contribution in [0.4, 0.5) is 19.2 Å². The van der Waals surface area contributed by atoms with Gasteiger partial charge in [0.15, 0.2) is 0 Å². The molecule has 7 heteroatoms. The summed E-state index contributed by atoms with van der Waals surface area (Å²) in [6, 6.07) is 12.8. The number of anilines is 1. The summed E-state index contributed by atoms with van der Waals surface area (Å²) in [7, 11) is 0. The third-order valence-corrected chi connectivity index (χ3v) is 3.55. The Hall–Kier alpha value is -2.83. The zero-order valence-electron chi connectivity index (χ0n) is 12.8. The lowest BCUT2D eigenvalue weighted by Gasteiger charge is -2.06. The standard InChI is InChI=1S/C17H14F3N3O/c1-11-5-2-3-6-13(11)10-21-16-23-22-15(24-16)12-7-4-8-14(9-12)17(18,19)20/h2-9H,10H2,1H3,(H,21,23). The monoisotopic (exact) mass is 333 g/mol. The van der Waals surface area contributed by atoms with E-state index in [9.17, 15) is 13.2 Å². The van der Waals surface area contributed by atoms with Gasteiger partial charge < -0.3 is 9.73 Å². The zero-order chi connectivity index (χ0) is 17.2. The van der Waals surface area contributed by atoms with Crippen LogP contribution in [0.15, 0.2) is 52.9 Å². The Balaban J connectivity index is 1.75. The smallest absolute Gasteiger partial charge is 0.403 e. The summed E-state index contributed by atoms with van der Waals surface area (Å²) in [5, 5.41) is 10.6. The fourth-order valence-corrected chi connectivity index (χ4v) is 2.22. The molecule has 0 aliphatic rings. The molecule has 1 aromatic heterocycles. The first-order chi connectivity index (χ1) is 11.4. The number of aryl methyl sites for hydroxylation is 1. The van der Waals surface area contributed by atoms with Crippen LogP contribution in [0.2, 0.25) is 0 Å². The molecule has 0 atom stereocenters. The van der Waals surface area contributed by atoms with Crippen molar-refractivity contribution in [3.05, 3.63) is 65.2 Å². The van der Waals surface area contributed by atoms with Gasteiger partial charge in [-0.3, -0.25) is 0 Å². The van der Waals surface area contributed by atoms with Crippen LogP contribution in [0.25, 0.3) is 11.5 Å². The van der Waals surface area contributed by atoms with Crippen molar-refractivity contribution < 1.29 is 17.6 Å². The number of benzene rings is 2. The minimum atomic E-state index is -4.41. The van der Waals surface area contributed by atoms with Crippen LogP contribution in [0, 0.1) is 6.92 Å². The van der Waals surface area contributed by atoms with Gasteiger partial charge >= 0.3 is 12.2 Å². The molecule has 1 N–H and O–H groups in total. The van der Waals surface area contributed by atoms with Crippen molar-refractivity contribution in [2.24, 2.45) is 0 Å². The molecular formula is C17H14F3N3O. The second-order valence-corrected chi connectivity index (χ2v) is 5.27. The Labute approximate surface area is 136 Å². The average molecular weight is 333 g/mol. The predicted molar refractivity (Wildman–Crippen MR) is 83.2 cm³/mol. The zero-order valence-corrected chi connectivity index (χ0v) is 12.8. The van der Waals surface area contributed by atoms with E-state index in [0.29, 0.717) is 6.54 Å². The summed E-state index contributed by atoms with van der Waals surface area (Å²) in [5.41, 5.74) is 1.65. The minimum Gasteiger partial charge on any atom is -0.403 e. The van der Waals surface area contributed by atoms with Gasteiger partial charge in [-0.1, -0.05) is 35.4 Å². The normalized spacial score (nSPS) is 11.5. The number of aromatic nitrogens is 2. The minimum absolute atomic E-state index is 0.0355. The van der Waals surface area contributed by atoms with Gasteiger partial charge in [-0.15, -0.1) is 5.10 Å². The van der Waals surface area contributed by atoms with Gasteiger partial charge in [-0.05, 0) is 36.2 Å². The van der Waals surface area contributed by atoms with E-state index in [-0.39, 0.29) is 17.5 Å². The molecule has 0 amide bonds. The lowest BCUT2D eigenvalue weighted by atomic mass is 10.1. The molecule has 2 aromatic carbocycles. The Bertz CT molecular complexity index is 843. The van der Waals surface area contributed by atoms with E-state index in [1.807, 2.05) is 31.2 Å². The highest BCUT2D eigenvalue weighted by Crippen LogP contribution is 2.32. The molecule has 3 rings (SSSR count). The molecule has 0 spiro atoms. The highest BCUT2D eigenvalue weighted by Gasteiger charge is 2.30. The maximum absolute atomic E-state index is 12.8. The molecule has 1 heterocycles. The summed E-state index contributed by atoms with van der Waals surface area (Å²) < 4.78 is 43.7. The molecule has 3 aromatic rings. The Morgan fingerprint density at radius 1 is 1.04 bits per heavy atom. The Morgan fingerprint density at radius 2 is 1.83 bits per heavy atom. The highest BCUT2D eigenvalue weighted by molar-refractivity contribution is 5.55. The van der Waals surface area contributed by atoms with Crippen molar-refractivity contribution in [3.63, 3.8) is 0 Å². The van der Waals surface area contributed by atoms with E-state index < -0.39 is 11.7 Å². The quantitative estimate of drug-likeness (QED) is 0.753. The van der Waals surface area contributed by atoms with Crippen molar-refractivity contribution in [2.45, 2.75) is 19.6 Å². The second-order valence-electron chi connectivity index (χ2n) is 5.27. The van der Waals surface area contributed by atoms with Gasteiger partial charge in [-0.2, -0.15) is 13.2 Å². The van der Waals surface area contributed by atoms with Crippen LogP contribution in [-0.4, -0.2) is 10.2 Å². The third-order valence-electron chi connectivity index (χ3n) is 3.55. The van der Waals surface area contributed by atoms with E-state index in [0.717, 1.165) is 23.3 Å². The SMILES string of the molecule is Cc1ccccc1CNc1nnc(-c2cccc(C(F)(F)F)c2)o1. The average Bonchev–Trinajstić information content (AvgIpc) is 3.02. The summed E-state index contributed by atoms with van der Waals surface area (Å²) >= 11 is 0. The van der Waals surface area contributed by atoms with Crippen LogP contribution < -0.4 is 5.32 Å². The highest BCUT2D eigenvalue weighted by atomic mass is 19.4. The van der Waals surface area contributed by atoms with E-state index in [2.05, 4.69) is 15.5 Å². The maximum atomic E-state index is 12.8. The Kier molecular flexibility index (Phi) is 4.24. The van der Waals surface area contributed by atoms with Gasteiger partial charge in [0, 0.05) is 12.1 Å².